The molecule has 130 valence electrons. The third kappa shape index (κ3) is 3.06. The third-order valence-corrected chi connectivity index (χ3v) is 4.39. The Morgan fingerprint density at radius 3 is 2.73 bits per heavy atom. The van der Waals surface area contributed by atoms with Crippen molar-refractivity contribution in [3.05, 3.63) is 72.3 Å². The number of carboxylic acid groups (broad SMARTS) is 1. The van der Waals surface area contributed by atoms with Crippen molar-refractivity contribution in [2.24, 2.45) is 0 Å². The van der Waals surface area contributed by atoms with E-state index < -0.39 is 5.97 Å². The molecular formula is C19H17N5O2. The van der Waals surface area contributed by atoms with Gasteiger partial charge in [-0.1, -0.05) is 0 Å². The van der Waals surface area contributed by atoms with Crippen LogP contribution in [0.2, 0.25) is 0 Å². The van der Waals surface area contributed by atoms with Crippen molar-refractivity contribution in [1.29, 1.82) is 0 Å². The topological polar surface area (TPSA) is 91.2 Å². The van der Waals surface area contributed by atoms with Gasteiger partial charge in [-0.25, -0.2) is 14.8 Å². The molecule has 0 saturated carbocycles. The molecule has 1 aromatic carbocycles. The average molecular weight is 347 g/mol. The van der Waals surface area contributed by atoms with E-state index >= 15 is 0 Å². The molecule has 3 aromatic rings. The highest BCUT2D eigenvalue weighted by atomic mass is 16.4. The summed E-state index contributed by atoms with van der Waals surface area (Å²) >= 11 is 0. The Morgan fingerprint density at radius 1 is 1.15 bits per heavy atom. The Hall–Kier alpha value is -3.48. The normalized spacial score (nSPS) is 15.6. The van der Waals surface area contributed by atoms with Crippen molar-refractivity contribution in [3.63, 3.8) is 0 Å². The molecule has 4 rings (SSSR count). The van der Waals surface area contributed by atoms with Gasteiger partial charge in [-0.2, -0.15) is 0 Å². The van der Waals surface area contributed by atoms with E-state index in [0.29, 0.717) is 18.9 Å². The van der Waals surface area contributed by atoms with Crippen LogP contribution in [0.15, 0.2) is 61.2 Å². The van der Waals surface area contributed by atoms with Gasteiger partial charge in [-0.3, -0.25) is 4.98 Å². The minimum Gasteiger partial charge on any atom is -0.478 e. The largest absolute Gasteiger partial charge is 0.478 e. The lowest BCUT2D eigenvalue weighted by Crippen LogP contribution is -2.42. The van der Waals surface area contributed by atoms with Crippen LogP contribution in [-0.4, -0.2) is 38.6 Å². The number of benzene rings is 1. The van der Waals surface area contributed by atoms with Gasteiger partial charge >= 0.3 is 5.97 Å². The van der Waals surface area contributed by atoms with Gasteiger partial charge in [0.1, 0.15) is 0 Å². The lowest BCUT2D eigenvalue weighted by molar-refractivity contribution is 0.0696. The first-order chi connectivity index (χ1) is 12.7. The van der Waals surface area contributed by atoms with E-state index in [9.17, 15) is 9.90 Å². The second kappa shape index (κ2) is 6.79. The van der Waals surface area contributed by atoms with Gasteiger partial charge in [0.05, 0.1) is 23.5 Å². The van der Waals surface area contributed by atoms with Crippen LogP contribution in [0.3, 0.4) is 0 Å². The molecule has 3 heterocycles. The van der Waals surface area contributed by atoms with E-state index in [1.165, 1.54) is 0 Å². The molecule has 1 aliphatic heterocycles. The number of pyridine rings is 1. The maximum absolute atomic E-state index is 11.3. The van der Waals surface area contributed by atoms with Gasteiger partial charge in [0, 0.05) is 30.8 Å². The monoisotopic (exact) mass is 347 g/mol. The predicted octanol–water partition coefficient (Wildman–Crippen LogP) is 2.74. The molecule has 1 atom stereocenters. The van der Waals surface area contributed by atoms with Crippen molar-refractivity contribution in [3.8, 4) is 0 Å². The van der Waals surface area contributed by atoms with E-state index in [4.69, 9.17) is 0 Å². The molecule has 0 amide bonds. The summed E-state index contributed by atoms with van der Waals surface area (Å²) in [5.74, 6) is -0.337. The van der Waals surface area contributed by atoms with Crippen LogP contribution < -0.4 is 10.2 Å². The van der Waals surface area contributed by atoms with Crippen LogP contribution >= 0.6 is 0 Å². The van der Waals surface area contributed by atoms with Crippen LogP contribution in [0.4, 0.5) is 17.3 Å². The van der Waals surface area contributed by atoms with Crippen molar-refractivity contribution in [2.75, 3.05) is 16.8 Å². The third-order valence-electron chi connectivity index (χ3n) is 4.39. The Balaban J connectivity index is 1.71. The first kappa shape index (κ1) is 16.0. The average Bonchev–Trinajstić information content (AvgIpc) is 2.69. The Morgan fingerprint density at radius 2 is 2.00 bits per heavy atom. The molecule has 0 saturated heterocycles. The summed E-state index contributed by atoms with van der Waals surface area (Å²) in [7, 11) is 0. The molecule has 7 heteroatoms. The van der Waals surface area contributed by atoms with Crippen molar-refractivity contribution in [1.82, 2.24) is 15.0 Å². The molecule has 2 N–H and O–H groups in total. The molecule has 0 aliphatic carbocycles. The maximum atomic E-state index is 11.3. The summed E-state index contributed by atoms with van der Waals surface area (Å²) < 4.78 is 0. The first-order valence-electron chi connectivity index (χ1n) is 8.29. The minimum atomic E-state index is -0.926. The molecule has 2 aromatic heterocycles. The number of anilines is 3. The Kier molecular flexibility index (Phi) is 4.18. The van der Waals surface area contributed by atoms with Crippen LogP contribution in [0.1, 0.15) is 15.9 Å². The number of hydrogen-bond donors (Lipinski definition) is 2. The second-order valence-electron chi connectivity index (χ2n) is 6.05. The van der Waals surface area contributed by atoms with Gasteiger partial charge in [0.25, 0.3) is 0 Å². The highest BCUT2D eigenvalue weighted by Crippen LogP contribution is 2.31. The van der Waals surface area contributed by atoms with E-state index in [2.05, 4.69) is 20.3 Å². The van der Waals surface area contributed by atoms with E-state index in [0.717, 1.165) is 16.9 Å². The number of carboxylic acids is 1. The van der Waals surface area contributed by atoms with E-state index in [-0.39, 0.29) is 11.6 Å². The predicted molar refractivity (Wildman–Crippen MR) is 97.8 cm³/mol. The fourth-order valence-electron chi connectivity index (χ4n) is 3.21. The lowest BCUT2D eigenvalue weighted by atomic mass is 9.96. The van der Waals surface area contributed by atoms with Gasteiger partial charge in [-0.15, -0.1) is 0 Å². The fraction of sp³-hybridized carbons (Fsp3) is 0.158. The number of fused-ring (bicyclic) bond motifs is 1. The van der Waals surface area contributed by atoms with Gasteiger partial charge in [0.2, 0.25) is 5.95 Å². The van der Waals surface area contributed by atoms with E-state index in [1.807, 2.05) is 23.1 Å². The second-order valence-corrected chi connectivity index (χ2v) is 6.05. The summed E-state index contributed by atoms with van der Waals surface area (Å²) in [5, 5.41) is 12.6. The van der Waals surface area contributed by atoms with Crippen LogP contribution in [-0.2, 0) is 6.42 Å². The number of aromatic carboxylic acids is 1. The van der Waals surface area contributed by atoms with Gasteiger partial charge in [0.15, 0.2) is 0 Å². The molecule has 0 fully saturated rings. The first-order valence-corrected chi connectivity index (χ1v) is 8.29. The zero-order chi connectivity index (χ0) is 17.9. The number of hydrogen-bond acceptors (Lipinski definition) is 6. The number of carbonyl (C=O) groups is 1. The minimum absolute atomic E-state index is 0.0261. The molecule has 1 unspecified atom stereocenters. The summed E-state index contributed by atoms with van der Waals surface area (Å²) in [6, 6.07) is 10.8. The Bertz CT molecular complexity index is 878. The smallest absolute Gasteiger partial charge is 0.335 e. The van der Waals surface area contributed by atoms with Crippen molar-refractivity contribution < 1.29 is 9.90 Å². The summed E-state index contributed by atoms with van der Waals surface area (Å²) in [6.07, 6.45) is 7.59. The summed E-state index contributed by atoms with van der Waals surface area (Å²) in [5.41, 5.74) is 3.11. The number of nitrogens with zero attached hydrogens (tertiary/aromatic N) is 4. The molecule has 0 bridgehead atoms. The molecular weight excluding hydrogens is 330 g/mol. The van der Waals surface area contributed by atoms with Crippen molar-refractivity contribution >= 4 is 23.3 Å². The highest BCUT2D eigenvalue weighted by Gasteiger charge is 2.28. The lowest BCUT2D eigenvalue weighted by Gasteiger charge is -2.35. The molecule has 26 heavy (non-hydrogen) atoms. The highest BCUT2D eigenvalue weighted by molar-refractivity contribution is 5.88. The quantitative estimate of drug-likeness (QED) is 0.750. The maximum Gasteiger partial charge on any atom is 0.335 e. The summed E-state index contributed by atoms with van der Waals surface area (Å²) in [6.45, 7) is 0.687. The van der Waals surface area contributed by atoms with Crippen LogP contribution in [0.25, 0.3) is 0 Å². The number of nitrogens with one attached hydrogen (secondary N) is 1. The van der Waals surface area contributed by atoms with Gasteiger partial charge < -0.3 is 15.3 Å². The molecule has 7 nitrogen and oxygen atoms in total. The number of aromatic nitrogens is 3. The van der Waals surface area contributed by atoms with Gasteiger partial charge in [-0.05, 0) is 48.4 Å². The standard InChI is InChI=1S/C19H17N5O2/c25-18(26)13-4-5-17-14(9-13)10-16(12-23-17)24(15-3-1-6-20-11-15)19-21-7-2-8-22-19/h1-9,11,16,23H,10,12H2,(H,25,26). The SMILES string of the molecule is O=C(O)c1ccc2c(c1)CC(N(c1cccnc1)c1ncccn1)CN2. The number of rotatable bonds is 4. The zero-order valence-corrected chi connectivity index (χ0v) is 13.9. The molecule has 1 aliphatic rings. The van der Waals surface area contributed by atoms with Crippen molar-refractivity contribution in [2.45, 2.75) is 12.5 Å². The Labute approximate surface area is 150 Å². The van der Waals surface area contributed by atoms with Crippen LogP contribution in [0, 0.1) is 0 Å². The zero-order valence-electron chi connectivity index (χ0n) is 13.9. The molecule has 0 radical (unpaired) electrons. The fourth-order valence-corrected chi connectivity index (χ4v) is 3.21. The molecule has 0 spiro atoms. The summed E-state index contributed by atoms with van der Waals surface area (Å²) in [4.78, 5) is 26.3. The van der Waals surface area contributed by atoms with Crippen LogP contribution in [0.5, 0.6) is 0 Å². The van der Waals surface area contributed by atoms with E-state index in [1.54, 1.807) is 43.0 Å².